The van der Waals surface area contributed by atoms with Crippen LogP contribution in [0.3, 0.4) is 0 Å². The van der Waals surface area contributed by atoms with Crippen molar-refractivity contribution in [1.82, 2.24) is 15.8 Å². The predicted molar refractivity (Wildman–Crippen MR) is 59.0 cm³/mol. The van der Waals surface area contributed by atoms with Gasteiger partial charge in [0.05, 0.1) is 10.7 Å². The van der Waals surface area contributed by atoms with E-state index in [4.69, 9.17) is 5.73 Å². The number of thiazole rings is 1. The van der Waals surface area contributed by atoms with Crippen molar-refractivity contribution < 1.29 is 4.79 Å². The van der Waals surface area contributed by atoms with E-state index >= 15 is 0 Å². The van der Waals surface area contributed by atoms with Gasteiger partial charge in [-0.25, -0.2) is 4.98 Å². The number of hydrogen-bond acceptors (Lipinski definition) is 4. The van der Waals surface area contributed by atoms with Gasteiger partial charge in [-0.3, -0.25) is 15.6 Å². The van der Waals surface area contributed by atoms with E-state index in [9.17, 15) is 4.79 Å². The molecule has 0 spiro atoms. The molecule has 0 fully saturated rings. The Morgan fingerprint density at radius 3 is 2.57 bits per heavy atom. The minimum absolute atomic E-state index is 0.0252. The number of nitrogens with zero attached hydrogens (tertiary/aromatic N) is 1. The van der Waals surface area contributed by atoms with Crippen molar-refractivity contribution in [3.05, 3.63) is 15.6 Å². The second-order valence-corrected chi connectivity index (χ2v) is 4.23. The molecular formula is C7H10N4OS2. The lowest BCUT2D eigenvalue weighted by atomic mass is 10.4. The molecule has 0 saturated heterocycles. The number of aryl methyl sites for hydroxylation is 2. The standard InChI is InChI=1S/C7H10N4OS2/c1-3-5(14-4(2)9-3)6(12)10-11-7(8)13/h1-2H3,(H,10,12)(H3,8,11,13). The summed E-state index contributed by atoms with van der Waals surface area (Å²) < 4.78 is 0. The van der Waals surface area contributed by atoms with E-state index in [-0.39, 0.29) is 11.0 Å². The number of aromatic nitrogens is 1. The van der Waals surface area contributed by atoms with Gasteiger partial charge in [0, 0.05) is 0 Å². The molecule has 0 aliphatic heterocycles. The number of nitrogens with one attached hydrogen (secondary N) is 2. The molecule has 0 radical (unpaired) electrons. The molecule has 4 N–H and O–H groups in total. The Balaban J connectivity index is 2.69. The third-order valence-electron chi connectivity index (χ3n) is 1.41. The second-order valence-electron chi connectivity index (χ2n) is 2.59. The highest BCUT2D eigenvalue weighted by molar-refractivity contribution is 7.80. The molecule has 1 rings (SSSR count). The summed E-state index contributed by atoms with van der Waals surface area (Å²) in [6, 6.07) is 0. The van der Waals surface area contributed by atoms with Crippen LogP contribution < -0.4 is 16.6 Å². The van der Waals surface area contributed by atoms with Gasteiger partial charge >= 0.3 is 0 Å². The first-order valence-electron chi connectivity index (χ1n) is 3.80. The number of amides is 1. The van der Waals surface area contributed by atoms with Gasteiger partial charge in [-0.15, -0.1) is 11.3 Å². The van der Waals surface area contributed by atoms with Gasteiger partial charge in [0.25, 0.3) is 5.91 Å². The van der Waals surface area contributed by atoms with Crippen LogP contribution in [0.5, 0.6) is 0 Å². The average molecular weight is 230 g/mol. The molecule has 1 heterocycles. The monoisotopic (exact) mass is 230 g/mol. The van der Waals surface area contributed by atoms with Crippen molar-refractivity contribution in [2.45, 2.75) is 13.8 Å². The largest absolute Gasteiger partial charge is 0.375 e. The van der Waals surface area contributed by atoms with Gasteiger partial charge in [0.2, 0.25) is 0 Å². The molecule has 0 atom stereocenters. The summed E-state index contributed by atoms with van der Waals surface area (Å²) in [5.74, 6) is -0.277. The van der Waals surface area contributed by atoms with Crippen LogP contribution in [-0.2, 0) is 0 Å². The fourth-order valence-electron chi connectivity index (χ4n) is 0.917. The number of hydrazine groups is 1. The van der Waals surface area contributed by atoms with E-state index in [1.807, 2.05) is 6.92 Å². The average Bonchev–Trinajstić information content (AvgIpc) is 2.41. The molecule has 76 valence electrons. The lowest BCUT2D eigenvalue weighted by Gasteiger charge is -2.04. The fourth-order valence-corrected chi connectivity index (χ4v) is 1.78. The highest BCUT2D eigenvalue weighted by Gasteiger charge is 2.12. The zero-order chi connectivity index (χ0) is 10.7. The molecule has 0 aliphatic carbocycles. The van der Waals surface area contributed by atoms with E-state index in [0.717, 1.165) is 5.01 Å². The van der Waals surface area contributed by atoms with E-state index < -0.39 is 0 Å². The summed E-state index contributed by atoms with van der Waals surface area (Å²) in [6.07, 6.45) is 0. The molecule has 14 heavy (non-hydrogen) atoms. The second kappa shape index (κ2) is 4.34. The zero-order valence-electron chi connectivity index (χ0n) is 7.75. The van der Waals surface area contributed by atoms with Crippen molar-refractivity contribution in [3.63, 3.8) is 0 Å². The van der Waals surface area contributed by atoms with E-state index in [1.165, 1.54) is 11.3 Å². The molecule has 1 amide bonds. The van der Waals surface area contributed by atoms with Crippen molar-refractivity contribution >= 4 is 34.6 Å². The van der Waals surface area contributed by atoms with Crippen molar-refractivity contribution in [1.29, 1.82) is 0 Å². The van der Waals surface area contributed by atoms with Crippen molar-refractivity contribution in [2.75, 3.05) is 0 Å². The number of carbonyl (C=O) groups is 1. The Kier molecular flexibility index (Phi) is 3.37. The third kappa shape index (κ3) is 2.64. The third-order valence-corrected chi connectivity index (χ3v) is 2.58. The van der Waals surface area contributed by atoms with Crippen LogP contribution >= 0.6 is 23.6 Å². The van der Waals surface area contributed by atoms with Crippen LogP contribution in [0, 0.1) is 13.8 Å². The number of rotatable bonds is 1. The molecule has 0 saturated carbocycles. The van der Waals surface area contributed by atoms with Gasteiger partial charge < -0.3 is 5.73 Å². The molecule has 0 aliphatic rings. The van der Waals surface area contributed by atoms with Crippen LogP contribution in [0.4, 0.5) is 0 Å². The van der Waals surface area contributed by atoms with E-state index in [2.05, 4.69) is 28.1 Å². The summed E-state index contributed by atoms with van der Waals surface area (Å²) in [5, 5.41) is 0.875. The first kappa shape index (κ1) is 10.9. The fraction of sp³-hybridized carbons (Fsp3) is 0.286. The topological polar surface area (TPSA) is 80.0 Å². The summed E-state index contributed by atoms with van der Waals surface area (Å²) >= 11 is 5.87. The van der Waals surface area contributed by atoms with Gasteiger partial charge in [0.15, 0.2) is 5.11 Å². The van der Waals surface area contributed by atoms with Gasteiger partial charge in [-0.05, 0) is 26.1 Å². The Labute approximate surface area is 90.7 Å². The highest BCUT2D eigenvalue weighted by Crippen LogP contribution is 2.16. The Morgan fingerprint density at radius 1 is 1.50 bits per heavy atom. The van der Waals surface area contributed by atoms with Crippen LogP contribution in [0.15, 0.2) is 0 Å². The maximum atomic E-state index is 11.5. The smallest absolute Gasteiger partial charge is 0.281 e. The predicted octanol–water partition coefficient (Wildman–Crippen LogP) is 0.238. The Morgan fingerprint density at radius 2 is 2.14 bits per heavy atom. The van der Waals surface area contributed by atoms with Crippen LogP contribution in [-0.4, -0.2) is 16.0 Å². The molecule has 1 aromatic heterocycles. The molecule has 0 unspecified atom stereocenters. The van der Waals surface area contributed by atoms with Gasteiger partial charge in [-0.1, -0.05) is 0 Å². The summed E-state index contributed by atoms with van der Waals surface area (Å²) in [6.45, 7) is 3.62. The quantitative estimate of drug-likeness (QED) is 0.475. The van der Waals surface area contributed by atoms with Gasteiger partial charge in [0.1, 0.15) is 4.88 Å². The van der Waals surface area contributed by atoms with Crippen LogP contribution in [0.2, 0.25) is 0 Å². The summed E-state index contributed by atoms with van der Waals surface area (Å²) in [5.41, 5.74) is 10.6. The van der Waals surface area contributed by atoms with Crippen molar-refractivity contribution in [3.8, 4) is 0 Å². The lowest BCUT2D eigenvalue weighted by molar-refractivity contribution is 0.0947. The van der Waals surface area contributed by atoms with Crippen molar-refractivity contribution in [2.24, 2.45) is 5.73 Å². The number of thiocarbonyl (C=S) groups is 1. The van der Waals surface area contributed by atoms with E-state index in [0.29, 0.717) is 10.6 Å². The summed E-state index contributed by atoms with van der Waals surface area (Å²) in [4.78, 5) is 16.2. The molecular weight excluding hydrogens is 220 g/mol. The molecule has 0 aromatic carbocycles. The van der Waals surface area contributed by atoms with Crippen LogP contribution in [0.25, 0.3) is 0 Å². The zero-order valence-corrected chi connectivity index (χ0v) is 9.38. The molecule has 7 heteroatoms. The number of hydrogen-bond donors (Lipinski definition) is 3. The molecule has 0 bridgehead atoms. The maximum Gasteiger partial charge on any atom is 0.281 e. The summed E-state index contributed by atoms with van der Waals surface area (Å²) in [7, 11) is 0. The minimum atomic E-state index is -0.277. The highest BCUT2D eigenvalue weighted by atomic mass is 32.1. The normalized spacial score (nSPS) is 9.57. The number of carbonyl (C=O) groups excluding carboxylic acids is 1. The number of nitrogens with two attached hydrogens (primary N) is 1. The first-order chi connectivity index (χ1) is 6.50. The minimum Gasteiger partial charge on any atom is -0.375 e. The maximum absolute atomic E-state index is 11.5. The molecule has 5 nitrogen and oxygen atoms in total. The van der Waals surface area contributed by atoms with Gasteiger partial charge in [-0.2, -0.15) is 0 Å². The van der Waals surface area contributed by atoms with Crippen LogP contribution in [0.1, 0.15) is 20.4 Å². The molecule has 1 aromatic rings. The van der Waals surface area contributed by atoms with E-state index in [1.54, 1.807) is 6.92 Å². The SMILES string of the molecule is Cc1nc(C)c(C(=O)NNC(N)=S)s1. The Bertz CT molecular complexity index is 374. The Hall–Kier alpha value is -1.21. The first-order valence-corrected chi connectivity index (χ1v) is 5.03. The lowest BCUT2D eigenvalue weighted by Crippen LogP contribution is -2.44.